The maximum absolute atomic E-state index is 12.0. The maximum atomic E-state index is 12.0. The van der Waals surface area contributed by atoms with Crippen LogP contribution in [-0.4, -0.2) is 25.3 Å². The van der Waals surface area contributed by atoms with E-state index < -0.39 is 12.3 Å². The van der Waals surface area contributed by atoms with Crippen molar-refractivity contribution in [3.05, 3.63) is 29.3 Å². The number of alkyl halides is 2. The Kier molecular flexibility index (Phi) is 4.14. The molecule has 2 N–H and O–H groups in total. The van der Waals surface area contributed by atoms with Crippen LogP contribution in [0.25, 0.3) is 0 Å². The number of hydrogen-bond donors (Lipinski definition) is 2. The minimum atomic E-state index is -3.06. The smallest absolute Gasteiger partial charge is 0.315 e. The van der Waals surface area contributed by atoms with E-state index in [1.54, 1.807) is 6.92 Å². The molecule has 0 heterocycles. The highest BCUT2D eigenvalue weighted by Gasteiger charge is 2.16. The Morgan fingerprint density at radius 3 is 2.41 bits per heavy atom. The van der Waals surface area contributed by atoms with Gasteiger partial charge in [-0.2, -0.15) is 8.78 Å². The van der Waals surface area contributed by atoms with Gasteiger partial charge in [0.05, 0.1) is 0 Å². The summed E-state index contributed by atoms with van der Waals surface area (Å²) in [5, 5.41) is 4.51. The van der Waals surface area contributed by atoms with Crippen LogP contribution in [0, 0.1) is 6.92 Å². The summed E-state index contributed by atoms with van der Waals surface area (Å²) in [5.41, 5.74) is 1.21. The minimum Gasteiger partial charge on any atom is -0.355 e. The minimum absolute atomic E-state index is 0.267. The van der Waals surface area contributed by atoms with Crippen molar-refractivity contribution in [1.82, 2.24) is 5.32 Å². The largest absolute Gasteiger partial charge is 0.355 e. The van der Waals surface area contributed by atoms with Gasteiger partial charge in [0.1, 0.15) is 0 Å². The Balaban J connectivity index is 2.90. The molecule has 17 heavy (non-hydrogen) atoms. The molecule has 1 rings (SSSR count). The molecule has 2 amide bonds. The molecular formula is C11H12F2N2O2. The first kappa shape index (κ1) is 13.1. The fourth-order valence-corrected chi connectivity index (χ4v) is 1.28. The van der Waals surface area contributed by atoms with Crippen LogP contribution in [0.2, 0.25) is 0 Å². The van der Waals surface area contributed by atoms with Gasteiger partial charge >= 0.3 is 6.43 Å². The number of nitrogens with one attached hydrogen (secondary N) is 2. The molecular weight excluding hydrogens is 230 g/mol. The number of rotatable bonds is 3. The Morgan fingerprint density at radius 2 is 1.94 bits per heavy atom. The average Bonchev–Trinajstić information content (AvgIpc) is 2.30. The van der Waals surface area contributed by atoms with Crippen molar-refractivity contribution in [2.24, 2.45) is 0 Å². The van der Waals surface area contributed by atoms with Crippen LogP contribution in [-0.2, 0) is 4.79 Å². The van der Waals surface area contributed by atoms with Crippen molar-refractivity contribution in [3.63, 3.8) is 0 Å². The van der Waals surface area contributed by atoms with Crippen LogP contribution in [0.1, 0.15) is 15.9 Å². The van der Waals surface area contributed by atoms with E-state index in [9.17, 15) is 18.4 Å². The molecule has 0 saturated carbocycles. The van der Waals surface area contributed by atoms with Gasteiger partial charge in [-0.15, -0.1) is 0 Å². The Bertz CT molecular complexity index is 447. The van der Waals surface area contributed by atoms with E-state index >= 15 is 0 Å². The predicted molar refractivity (Wildman–Crippen MR) is 59.2 cm³/mol. The zero-order valence-electron chi connectivity index (χ0n) is 9.38. The monoisotopic (exact) mass is 242 g/mol. The molecule has 0 saturated heterocycles. The van der Waals surface area contributed by atoms with Crippen LogP contribution < -0.4 is 10.6 Å². The van der Waals surface area contributed by atoms with Crippen LogP contribution >= 0.6 is 0 Å². The highest BCUT2D eigenvalue weighted by Crippen LogP contribution is 2.17. The lowest BCUT2D eigenvalue weighted by Gasteiger charge is -2.09. The Hall–Kier alpha value is -1.98. The van der Waals surface area contributed by atoms with Gasteiger partial charge < -0.3 is 10.6 Å². The quantitative estimate of drug-likeness (QED) is 0.845. The van der Waals surface area contributed by atoms with Gasteiger partial charge in [-0.3, -0.25) is 9.59 Å². The number of carbonyl (C=O) groups is 2. The third-order valence-corrected chi connectivity index (χ3v) is 2.17. The lowest BCUT2D eigenvalue weighted by atomic mass is 10.1. The normalized spacial score (nSPS) is 10.2. The highest BCUT2D eigenvalue weighted by molar-refractivity contribution is 5.97. The summed E-state index contributed by atoms with van der Waals surface area (Å²) in [6, 6.07) is 4.38. The molecule has 4 nitrogen and oxygen atoms in total. The van der Waals surface area contributed by atoms with Gasteiger partial charge in [-0.25, -0.2) is 0 Å². The first-order valence-electron chi connectivity index (χ1n) is 4.87. The van der Waals surface area contributed by atoms with E-state index in [-0.39, 0.29) is 11.6 Å². The molecule has 6 heteroatoms. The number of anilines is 1. The van der Waals surface area contributed by atoms with Crippen molar-refractivity contribution in [2.45, 2.75) is 13.3 Å². The van der Waals surface area contributed by atoms with Crippen molar-refractivity contribution >= 4 is 17.5 Å². The fraction of sp³-hybridized carbons (Fsp3) is 0.273. The third-order valence-electron chi connectivity index (χ3n) is 2.17. The highest BCUT2D eigenvalue weighted by atomic mass is 19.3. The van der Waals surface area contributed by atoms with Crippen molar-refractivity contribution in [2.75, 3.05) is 12.4 Å². The molecule has 0 bridgehead atoms. The number of aryl methyl sites for hydroxylation is 1. The first-order valence-corrected chi connectivity index (χ1v) is 4.87. The number of hydrogen-bond acceptors (Lipinski definition) is 2. The van der Waals surface area contributed by atoms with Gasteiger partial charge in [0.25, 0.3) is 11.8 Å². The molecule has 0 aliphatic heterocycles. The van der Waals surface area contributed by atoms with E-state index in [1.165, 1.54) is 25.2 Å². The van der Waals surface area contributed by atoms with Crippen molar-refractivity contribution in [3.8, 4) is 0 Å². The lowest BCUT2D eigenvalue weighted by molar-refractivity contribution is -0.126. The molecule has 0 radical (unpaired) electrons. The molecule has 0 fully saturated rings. The van der Waals surface area contributed by atoms with Crippen molar-refractivity contribution < 1.29 is 18.4 Å². The van der Waals surface area contributed by atoms with Gasteiger partial charge in [-0.05, 0) is 30.7 Å². The van der Waals surface area contributed by atoms with Crippen LogP contribution in [0.4, 0.5) is 14.5 Å². The summed E-state index contributed by atoms with van der Waals surface area (Å²) in [5.74, 6) is -1.64. The van der Waals surface area contributed by atoms with Gasteiger partial charge in [0, 0.05) is 18.3 Å². The number of halogens is 2. The first-order chi connectivity index (χ1) is 7.95. The Morgan fingerprint density at radius 1 is 1.29 bits per heavy atom. The number of amides is 2. The SMILES string of the molecule is CNC(=O)c1ccc(NC(=O)C(F)F)c(C)c1. The molecule has 0 aromatic heterocycles. The maximum Gasteiger partial charge on any atom is 0.315 e. The summed E-state index contributed by atoms with van der Waals surface area (Å²) in [6.07, 6.45) is -3.06. The summed E-state index contributed by atoms with van der Waals surface area (Å²) < 4.78 is 24.1. The lowest BCUT2D eigenvalue weighted by Crippen LogP contribution is -2.21. The van der Waals surface area contributed by atoms with E-state index in [1.807, 2.05) is 0 Å². The zero-order chi connectivity index (χ0) is 13.0. The second-order valence-corrected chi connectivity index (χ2v) is 3.40. The molecule has 92 valence electrons. The van der Waals surface area contributed by atoms with Crippen molar-refractivity contribution in [1.29, 1.82) is 0 Å². The third kappa shape index (κ3) is 3.24. The van der Waals surface area contributed by atoms with Crippen LogP contribution in [0.5, 0.6) is 0 Å². The van der Waals surface area contributed by atoms with Crippen LogP contribution in [0.15, 0.2) is 18.2 Å². The number of benzene rings is 1. The van der Waals surface area contributed by atoms with E-state index in [0.717, 1.165) is 0 Å². The molecule has 0 unspecified atom stereocenters. The Labute approximate surface area is 97.0 Å². The number of carbonyl (C=O) groups excluding carboxylic acids is 2. The average molecular weight is 242 g/mol. The zero-order valence-corrected chi connectivity index (χ0v) is 9.38. The molecule has 0 atom stereocenters. The second kappa shape index (κ2) is 5.38. The van der Waals surface area contributed by atoms with Gasteiger partial charge in [-0.1, -0.05) is 0 Å². The predicted octanol–water partition coefficient (Wildman–Crippen LogP) is 1.56. The van der Waals surface area contributed by atoms with E-state index in [0.29, 0.717) is 11.1 Å². The summed E-state index contributed by atoms with van der Waals surface area (Å²) in [6.45, 7) is 1.62. The molecule has 1 aromatic rings. The summed E-state index contributed by atoms with van der Waals surface area (Å²) >= 11 is 0. The standard InChI is InChI=1S/C11H12F2N2O2/c1-6-5-7(10(16)14-2)3-4-8(6)15-11(17)9(12)13/h3-5,9H,1-2H3,(H,14,16)(H,15,17). The van der Waals surface area contributed by atoms with E-state index in [4.69, 9.17) is 0 Å². The topological polar surface area (TPSA) is 58.2 Å². The molecule has 0 aliphatic rings. The van der Waals surface area contributed by atoms with E-state index in [2.05, 4.69) is 10.6 Å². The second-order valence-electron chi connectivity index (χ2n) is 3.40. The fourth-order valence-electron chi connectivity index (χ4n) is 1.28. The molecule has 0 spiro atoms. The summed E-state index contributed by atoms with van der Waals surface area (Å²) in [4.78, 5) is 22.1. The summed E-state index contributed by atoms with van der Waals surface area (Å²) in [7, 11) is 1.49. The molecule has 0 aliphatic carbocycles. The van der Waals surface area contributed by atoms with Gasteiger partial charge in [0.15, 0.2) is 0 Å². The molecule has 1 aromatic carbocycles. The van der Waals surface area contributed by atoms with Crippen LogP contribution in [0.3, 0.4) is 0 Å². The van der Waals surface area contributed by atoms with Gasteiger partial charge in [0.2, 0.25) is 0 Å².